The molecule has 2 aromatic heterocycles. The lowest BCUT2D eigenvalue weighted by atomic mass is 10.1. The molecule has 0 amide bonds. The number of hydrogen-bond donors (Lipinski definition) is 0. The standard InChI is InChI=1S/C19H17N3O/c1-14-18(10-11-19(23)16-7-6-12-20-13-16)15(2)22(21-14)17-8-4-3-5-9-17/h3-13H,1-2H3/b11-10+. The van der Waals surface area contributed by atoms with Crippen molar-refractivity contribution in [2.24, 2.45) is 0 Å². The summed E-state index contributed by atoms with van der Waals surface area (Å²) >= 11 is 0. The second kappa shape index (κ2) is 6.40. The number of aryl methyl sites for hydroxylation is 1. The van der Waals surface area contributed by atoms with Crippen LogP contribution in [0.5, 0.6) is 0 Å². The fourth-order valence-corrected chi connectivity index (χ4v) is 2.48. The number of para-hydroxylation sites is 1. The zero-order chi connectivity index (χ0) is 16.2. The summed E-state index contributed by atoms with van der Waals surface area (Å²) in [4.78, 5) is 16.1. The van der Waals surface area contributed by atoms with Gasteiger partial charge in [-0.05, 0) is 50.3 Å². The van der Waals surface area contributed by atoms with Gasteiger partial charge in [0.2, 0.25) is 0 Å². The van der Waals surface area contributed by atoms with Gasteiger partial charge >= 0.3 is 0 Å². The summed E-state index contributed by atoms with van der Waals surface area (Å²) in [6.45, 7) is 3.95. The first-order chi connectivity index (χ1) is 11.2. The summed E-state index contributed by atoms with van der Waals surface area (Å²) in [5.74, 6) is -0.0654. The highest BCUT2D eigenvalue weighted by Gasteiger charge is 2.11. The minimum Gasteiger partial charge on any atom is -0.289 e. The van der Waals surface area contributed by atoms with E-state index in [1.165, 1.54) is 0 Å². The average Bonchev–Trinajstić information content (AvgIpc) is 2.88. The Morgan fingerprint density at radius 2 is 1.87 bits per heavy atom. The molecule has 3 aromatic rings. The molecule has 0 unspecified atom stereocenters. The fourth-order valence-electron chi connectivity index (χ4n) is 2.48. The maximum absolute atomic E-state index is 12.2. The van der Waals surface area contributed by atoms with Crippen LogP contribution in [-0.2, 0) is 0 Å². The van der Waals surface area contributed by atoms with Gasteiger partial charge in [-0.2, -0.15) is 5.10 Å². The molecular formula is C19H17N3O. The number of hydrogen-bond acceptors (Lipinski definition) is 3. The number of aromatic nitrogens is 3. The van der Waals surface area contributed by atoms with Crippen molar-refractivity contribution in [1.29, 1.82) is 0 Å². The highest BCUT2D eigenvalue weighted by atomic mass is 16.1. The van der Waals surface area contributed by atoms with E-state index in [-0.39, 0.29) is 5.78 Å². The van der Waals surface area contributed by atoms with Gasteiger partial charge in [-0.1, -0.05) is 18.2 Å². The van der Waals surface area contributed by atoms with Crippen molar-refractivity contribution in [2.75, 3.05) is 0 Å². The van der Waals surface area contributed by atoms with Crippen molar-refractivity contribution in [2.45, 2.75) is 13.8 Å². The van der Waals surface area contributed by atoms with Crippen LogP contribution in [-0.4, -0.2) is 20.5 Å². The molecule has 0 saturated heterocycles. The first-order valence-corrected chi connectivity index (χ1v) is 7.41. The number of carbonyl (C=O) groups is 1. The lowest BCUT2D eigenvalue weighted by molar-refractivity contribution is 0.104. The number of ketones is 1. The molecule has 0 N–H and O–H groups in total. The fraction of sp³-hybridized carbons (Fsp3) is 0.105. The Morgan fingerprint density at radius 3 is 2.57 bits per heavy atom. The van der Waals surface area contributed by atoms with Crippen LogP contribution in [0.2, 0.25) is 0 Å². The molecule has 1 aromatic carbocycles. The van der Waals surface area contributed by atoms with E-state index < -0.39 is 0 Å². The maximum atomic E-state index is 12.2. The molecule has 0 aliphatic heterocycles. The van der Waals surface area contributed by atoms with Crippen molar-refractivity contribution >= 4 is 11.9 Å². The molecule has 0 bridgehead atoms. The number of carbonyl (C=O) groups excluding carboxylic acids is 1. The van der Waals surface area contributed by atoms with Gasteiger partial charge in [0.1, 0.15) is 0 Å². The van der Waals surface area contributed by atoms with Crippen LogP contribution in [0.4, 0.5) is 0 Å². The Kier molecular flexibility index (Phi) is 4.15. The van der Waals surface area contributed by atoms with Gasteiger partial charge in [0.15, 0.2) is 5.78 Å². The van der Waals surface area contributed by atoms with Crippen molar-refractivity contribution in [1.82, 2.24) is 14.8 Å². The van der Waals surface area contributed by atoms with E-state index in [9.17, 15) is 4.79 Å². The van der Waals surface area contributed by atoms with Crippen LogP contribution >= 0.6 is 0 Å². The zero-order valence-corrected chi connectivity index (χ0v) is 13.1. The molecule has 0 aliphatic rings. The second-order valence-electron chi connectivity index (χ2n) is 5.27. The summed E-state index contributed by atoms with van der Waals surface area (Å²) in [5, 5.41) is 4.57. The number of rotatable bonds is 4. The van der Waals surface area contributed by atoms with E-state index in [0.717, 1.165) is 22.6 Å². The summed E-state index contributed by atoms with van der Waals surface area (Å²) in [6, 6.07) is 13.5. The molecule has 23 heavy (non-hydrogen) atoms. The molecule has 0 fully saturated rings. The molecule has 0 aliphatic carbocycles. The molecular weight excluding hydrogens is 286 g/mol. The van der Waals surface area contributed by atoms with Crippen molar-refractivity contribution in [3.63, 3.8) is 0 Å². The summed E-state index contributed by atoms with van der Waals surface area (Å²) in [6.07, 6.45) is 6.62. The number of benzene rings is 1. The van der Waals surface area contributed by atoms with Crippen LogP contribution in [0.25, 0.3) is 11.8 Å². The predicted octanol–water partition coefficient (Wildman–Crippen LogP) is 3.78. The van der Waals surface area contributed by atoms with Crippen LogP contribution < -0.4 is 0 Å². The topological polar surface area (TPSA) is 47.8 Å². The van der Waals surface area contributed by atoms with Crippen molar-refractivity contribution < 1.29 is 4.79 Å². The molecule has 3 rings (SSSR count). The van der Waals surface area contributed by atoms with Crippen molar-refractivity contribution in [3.05, 3.63) is 83.4 Å². The SMILES string of the molecule is Cc1nn(-c2ccccc2)c(C)c1/C=C/C(=O)c1cccnc1. The largest absolute Gasteiger partial charge is 0.289 e. The van der Waals surface area contributed by atoms with E-state index in [4.69, 9.17) is 0 Å². The van der Waals surface area contributed by atoms with E-state index >= 15 is 0 Å². The van der Waals surface area contributed by atoms with E-state index in [2.05, 4.69) is 10.1 Å². The Labute approximate surface area is 135 Å². The van der Waals surface area contributed by atoms with Crippen LogP contribution in [0.1, 0.15) is 27.3 Å². The number of pyridine rings is 1. The van der Waals surface area contributed by atoms with E-state index in [1.807, 2.05) is 54.9 Å². The van der Waals surface area contributed by atoms with Crippen molar-refractivity contribution in [3.8, 4) is 5.69 Å². The molecule has 4 nitrogen and oxygen atoms in total. The van der Waals surface area contributed by atoms with Gasteiger partial charge < -0.3 is 0 Å². The highest BCUT2D eigenvalue weighted by Crippen LogP contribution is 2.19. The molecule has 0 spiro atoms. The maximum Gasteiger partial charge on any atom is 0.187 e. The minimum absolute atomic E-state index is 0.0654. The smallest absolute Gasteiger partial charge is 0.187 e. The Morgan fingerprint density at radius 1 is 1.09 bits per heavy atom. The lowest BCUT2D eigenvalue weighted by Crippen LogP contribution is -1.98. The molecule has 0 saturated carbocycles. The molecule has 4 heteroatoms. The van der Waals surface area contributed by atoms with E-state index in [1.54, 1.807) is 30.6 Å². The zero-order valence-electron chi connectivity index (χ0n) is 13.1. The highest BCUT2D eigenvalue weighted by molar-refractivity contribution is 6.06. The summed E-state index contributed by atoms with van der Waals surface area (Å²) in [7, 11) is 0. The first kappa shape index (κ1) is 14.9. The van der Waals surface area contributed by atoms with Crippen LogP contribution in [0, 0.1) is 13.8 Å². The first-order valence-electron chi connectivity index (χ1n) is 7.41. The molecule has 114 valence electrons. The van der Waals surface area contributed by atoms with Gasteiger partial charge in [0.05, 0.1) is 11.4 Å². The second-order valence-corrected chi connectivity index (χ2v) is 5.27. The summed E-state index contributed by atoms with van der Waals surface area (Å²) < 4.78 is 1.89. The van der Waals surface area contributed by atoms with Gasteiger partial charge in [0, 0.05) is 29.2 Å². The Bertz CT molecular complexity index is 849. The van der Waals surface area contributed by atoms with Gasteiger partial charge in [-0.15, -0.1) is 0 Å². The van der Waals surface area contributed by atoms with Crippen LogP contribution in [0.3, 0.4) is 0 Å². The minimum atomic E-state index is -0.0654. The van der Waals surface area contributed by atoms with Gasteiger partial charge in [0.25, 0.3) is 0 Å². The van der Waals surface area contributed by atoms with Gasteiger partial charge in [-0.25, -0.2) is 4.68 Å². The normalized spacial score (nSPS) is 11.0. The van der Waals surface area contributed by atoms with Crippen LogP contribution in [0.15, 0.2) is 60.9 Å². The number of nitrogens with zero attached hydrogens (tertiary/aromatic N) is 3. The average molecular weight is 303 g/mol. The predicted molar refractivity (Wildman–Crippen MR) is 90.6 cm³/mol. The molecule has 2 heterocycles. The third-order valence-electron chi connectivity index (χ3n) is 3.70. The Hall–Kier alpha value is -3.01. The van der Waals surface area contributed by atoms with E-state index in [0.29, 0.717) is 5.56 Å². The summed E-state index contributed by atoms with van der Waals surface area (Å²) in [5.41, 5.74) is 4.44. The third-order valence-corrected chi connectivity index (χ3v) is 3.70. The lowest BCUT2D eigenvalue weighted by Gasteiger charge is -2.03. The number of allylic oxidation sites excluding steroid dienone is 1. The quantitative estimate of drug-likeness (QED) is 0.544. The molecule has 0 radical (unpaired) electrons. The molecule has 0 atom stereocenters. The Balaban J connectivity index is 1.91. The van der Waals surface area contributed by atoms with Gasteiger partial charge in [-0.3, -0.25) is 9.78 Å². The monoisotopic (exact) mass is 303 g/mol. The third kappa shape index (κ3) is 3.11.